The first-order chi connectivity index (χ1) is 4.18. The van der Waals surface area contributed by atoms with Crippen molar-refractivity contribution in [3.05, 3.63) is 0 Å². The molecular formula is C5H11NOS2. The topological polar surface area (TPSA) is 32.6 Å². The summed E-state index contributed by atoms with van der Waals surface area (Å²) < 4.78 is -0.0747. The maximum absolute atomic E-state index is 8.21. The third kappa shape index (κ3) is 3.01. The van der Waals surface area contributed by atoms with Crippen LogP contribution in [0.4, 0.5) is 0 Å². The van der Waals surface area contributed by atoms with Crippen LogP contribution < -0.4 is 0 Å². The third-order valence-electron chi connectivity index (χ3n) is 1.10. The second-order valence-electron chi connectivity index (χ2n) is 1.67. The van der Waals surface area contributed by atoms with Gasteiger partial charge in [-0.05, 0) is 19.4 Å². The van der Waals surface area contributed by atoms with Gasteiger partial charge < -0.3 is 5.21 Å². The number of oxime groups is 1. The van der Waals surface area contributed by atoms with Crippen molar-refractivity contribution in [1.29, 1.82) is 0 Å². The maximum Gasteiger partial charge on any atom is 0.0960 e. The van der Waals surface area contributed by atoms with Gasteiger partial charge in [0, 0.05) is 0 Å². The standard InChI is InChI=1S/C5H11NOS2/c1-5(8-2,9-3)4-6-7/h4,7H,1-3H3/b6-4-. The van der Waals surface area contributed by atoms with Crippen LogP contribution in [0.5, 0.6) is 0 Å². The molecule has 0 radical (unpaired) electrons. The van der Waals surface area contributed by atoms with Gasteiger partial charge in [0.05, 0.1) is 10.3 Å². The van der Waals surface area contributed by atoms with Gasteiger partial charge in [-0.2, -0.15) is 0 Å². The van der Waals surface area contributed by atoms with Crippen LogP contribution in [0.3, 0.4) is 0 Å². The lowest BCUT2D eigenvalue weighted by Gasteiger charge is -2.17. The first-order valence-electron chi connectivity index (χ1n) is 2.47. The summed E-state index contributed by atoms with van der Waals surface area (Å²) in [4.78, 5) is 0. The summed E-state index contributed by atoms with van der Waals surface area (Å²) in [7, 11) is 0. The minimum atomic E-state index is -0.0747. The van der Waals surface area contributed by atoms with E-state index in [1.807, 2.05) is 19.4 Å². The molecule has 0 saturated carbocycles. The number of hydrogen-bond acceptors (Lipinski definition) is 4. The van der Waals surface area contributed by atoms with Crippen molar-refractivity contribution in [2.24, 2.45) is 5.16 Å². The summed E-state index contributed by atoms with van der Waals surface area (Å²) in [6, 6.07) is 0. The van der Waals surface area contributed by atoms with Crippen molar-refractivity contribution >= 4 is 29.7 Å². The molecule has 0 spiro atoms. The van der Waals surface area contributed by atoms with Crippen LogP contribution in [0.15, 0.2) is 5.16 Å². The average molecular weight is 165 g/mol. The van der Waals surface area contributed by atoms with Crippen molar-refractivity contribution in [2.75, 3.05) is 12.5 Å². The quantitative estimate of drug-likeness (QED) is 0.300. The van der Waals surface area contributed by atoms with Crippen LogP contribution in [0, 0.1) is 0 Å². The Morgan fingerprint density at radius 2 is 1.89 bits per heavy atom. The molecule has 0 atom stereocenters. The summed E-state index contributed by atoms with van der Waals surface area (Å²) in [6.07, 6.45) is 5.50. The van der Waals surface area contributed by atoms with Crippen LogP contribution in [0.25, 0.3) is 0 Å². The highest BCUT2D eigenvalue weighted by molar-refractivity contribution is 8.18. The van der Waals surface area contributed by atoms with E-state index in [1.165, 1.54) is 6.21 Å². The number of nitrogens with zero attached hydrogens (tertiary/aromatic N) is 1. The summed E-state index contributed by atoms with van der Waals surface area (Å²) in [5, 5.41) is 11.2. The fraction of sp³-hybridized carbons (Fsp3) is 0.800. The van der Waals surface area contributed by atoms with E-state index in [0.29, 0.717) is 0 Å². The summed E-state index contributed by atoms with van der Waals surface area (Å²) in [6.45, 7) is 2.00. The van der Waals surface area contributed by atoms with E-state index in [-0.39, 0.29) is 4.08 Å². The number of rotatable bonds is 3. The monoisotopic (exact) mass is 165 g/mol. The molecule has 1 N–H and O–H groups in total. The van der Waals surface area contributed by atoms with Gasteiger partial charge in [-0.15, -0.1) is 23.5 Å². The van der Waals surface area contributed by atoms with Gasteiger partial charge in [0.15, 0.2) is 0 Å². The van der Waals surface area contributed by atoms with E-state index in [9.17, 15) is 0 Å². The van der Waals surface area contributed by atoms with Crippen LogP contribution in [-0.4, -0.2) is 28.0 Å². The number of thioether (sulfide) groups is 2. The highest BCUT2D eigenvalue weighted by Gasteiger charge is 2.17. The fourth-order valence-corrected chi connectivity index (χ4v) is 1.27. The maximum atomic E-state index is 8.21. The van der Waals surface area contributed by atoms with Gasteiger partial charge in [0.25, 0.3) is 0 Å². The van der Waals surface area contributed by atoms with Gasteiger partial charge in [-0.3, -0.25) is 0 Å². The van der Waals surface area contributed by atoms with Crippen molar-refractivity contribution in [3.63, 3.8) is 0 Å². The van der Waals surface area contributed by atoms with E-state index >= 15 is 0 Å². The van der Waals surface area contributed by atoms with Gasteiger partial charge in [0.2, 0.25) is 0 Å². The summed E-state index contributed by atoms with van der Waals surface area (Å²) in [5.41, 5.74) is 0. The minimum absolute atomic E-state index is 0.0747. The minimum Gasteiger partial charge on any atom is -0.411 e. The van der Waals surface area contributed by atoms with Crippen LogP contribution in [0.1, 0.15) is 6.92 Å². The highest BCUT2D eigenvalue weighted by Crippen LogP contribution is 2.30. The molecule has 4 heteroatoms. The highest BCUT2D eigenvalue weighted by atomic mass is 32.2. The van der Waals surface area contributed by atoms with Crippen LogP contribution >= 0.6 is 23.5 Å². The molecule has 0 rings (SSSR count). The Hall–Kier alpha value is 0.170. The smallest absolute Gasteiger partial charge is 0.0960 e. The largest absolute Gasteiger partial charge is 0.411 e. The van der Waals surface area contributed by atoms with E-state index in [4.69, 9.17) is 5.21 Å². The van der Waals surface area contributed by atoms with Crippen molar-refractivity contribution in [3.8, 4) is 0 Å². The Bertz CT molecular complexity index is 101. The zero-order valence-electron chi connectivity index (χ0n) is 5.79. The SMILES string of the molecule is CSC(C)(/C=N\O)SC. The Morgan fingerprint density at radius 3 is 2.00 bits per heavy atom. The molecule has 2 nitrogen and oxygen atoms in total. The van der Waals surface area contributed by atoms with E-state index in [1.54, 1.807) is 23.5 Å². The summed E-state index contributed by atoms with van der Waals surface area (Å²) >= 11 is 3.30. The molecule has 0 aromatic heterocycles. The second-order valence-corrected chi connectivity index (χ2v) is 4.44. The normalized spacial score (nSPS) is 12.8. The van der Waals surface area contributed by atoms with E-state index in [0.717, 1.165) is 0 Å². The molecule has 0 bridgehead atoms. The zero-order valence-corrected chi connectivity index (χ0v) is 7.42. The Kier molecular flexibility index (Phi) is 4.14. The van der Waals surface area contributed by atoms with Gasteiger partial charge in [-0.25, -0.2) is 0 Å². The lowest BCUT2D eigenvalue weighted by atomic mass is 10.5. The lowest BCUT2D eigenvalue weighted by molar-refractivity contribution is 0.320. The molecule has 0 aliphatic rings. The molecule has 0 unspecified atom stereocenters. The molecule has 0 amide bonds. The molecule has 0 aliphatic carbocycles. The van der Waals surface area contributed by atoms with Crippen LogP contribution in [0.2, 0.25) is 0 Å². The molecule has 9 heavy (non-hydrogen) atoms. The van der Waals surface area contributed by atoms with E-state index in [2.05, 4.69) is 5.16 Å². The third-order valence-corrected chi connectivity index (χ3v) is 3.93. The Balaban J connectivity index is 3.92. The van der Waals surface area contributed by atoms with Gasteiger partial charge >= 0.3 is 0 Å². The molecular weight excluding hydrogens is 154 g/mol. The van der Waals surface area contributed by atoms with Crippen molar-refractivity contribution < 1.29 is 5.21 Å². The Morgan fingerprint density at radius 1 is 1.44 bits per heavy atom. The molecule has 0 aliphatic heterocycles. The predicted molar refractivity (Wildman–Crippen MR) is 45.7 cm³/mol. The number of hydrogen-bond donors (Lipinski definition) is 1. The first kappa shape index (κ1) is 9.17. The molecule has 0 heterocycles. The van der Waals surface area contributed by atoms with Gasteiger partial charge in [-0.1, -0.05) is 5.16 Å². The first-order valence-corrected chi connectivity index (χ1v) is 4.92. The predicted octanol–water partition coefficient (Wildman–Crippen LogP) is 1.89. The van der Waals surface area contributed by atoms with Crippen molar-refractivity contribution in [2.45, 2.75) is 11.0 Å². The zero-order chi connectivity index (χ0) is 7.33. The Labute approximate surface area is 64.1 Å². The second kappa shape index (κ2) is 4.06. The van der Waals surface area contributed by atoms with Crippen LogP contribution in [-0.2, 0) is 0 Å². The van der Waals surface area contributed by atoms with Gasteiger partial charge in [0.1, 0.15) is 0 Å². The molecule has 0 saturated heterocycles. The van der Waals surface area contributed by atoms with E-state index < -0.39 is 0 Å². The summed E-state index contributed by atoms with van der Waals surface area (Å²) in [5.74, 6) is 0. The average Bonchev–Trinajstić information content (AvgIpc) is 1.89. The fourth-order valence-electron chi connectivity index (χ4n) is 0.294. The molecule has 0 aromatic rings. The molecule has 0 fully saturated rings. The molecule has 0 aromatic carbocycles. The lowest BCUT2D eigenvalue weighted by Crippen LogP contribution is -2.15. The molecule has 54 valence electrons. The van der Waals surface area contributed by atoms with Crippen molar-refractivity contribution in [1.82, 2.24) is 0 Å².